The first-order valence-electron chi connectivity index (χ1n) is 8.77. The summed E-state index contributed by atoms with van der Waals surface area (Å²) in [4.78, 5) is 33.9. The van der Waals surface area contributed by atoms with Crippen molar-refractivity contribution in [3.05, 3.63) is 52.3 Å². The van der Waals surface area contributed by atoms with Crippen molar-refractivity contribution in [3.63, 3.8) is 0 Å². The molecular weight excluding hydrogens is 369 g/mol. The summed E-state index contributed by atoms with van der Waals surface area (Å²) in [6, 6.07) is 7.37. The minimum atomic E-state index is -0.841. The van der Waals surface area contributed by atoms with Crippen molar-refractivity contribution in [2.45, 2.75) is 31.8 Å². The van der Waals surface area contributed by atoms with Crippen LogP contribution in [0.25, 0.3) is 20.7 Å². The van der Waals surface area contributed by atoms with Gasteiger partial charge in [-0.2, -0.15) is 0 Å². The number of aliphatic carboxylic acids is 1. The van der Waals surface area contributed by atoms with E-state index in [1.807, 2.05) is 11.0 Å². The lowest BCUT2D eigenvalue weighted by atomic mass is 10.0. The number of fused-ring (bicyclic) bond motifs is 1. The van der Waals surface area contributed by atoms with Crippen LogP contribution in [0.3, 0.4) is 0 Å². The van der Waals surface area contributed by atoms with E-state index in [1.165, 1.54) is 23.5 Å². The first-order chi connectivity index (χ1) is 13.0. The van der Waals surface area contributed by atoms with Crippen LogP contribution in [0.1, 0.15) is 25.1 Å². The number of benzene rings is 1. The summed E-state index contributed by atoms with van der Waals surface area (Å²) < 4.78 is 13.6. The lowest BCUT2D eigenvalue weighted by Gasteiger charge is -2.32. The van der Waals surface area contributed by atoms with Gasteiger partial charge >= 0.3 is 5.97 Å². The van der Waals surface area contributed by atoms with Gasteiger partial charge in [-0.1, -0.05) is 18.6 Å². The molecule has 1 saturated heterocycles. The van der Waals surface area contributed by atoms with Gasteiger partial charge in [0.1, 0.15) is 22.4 Å². The fraction of sp³-hybridized carbons (Fsp3) is 0.316. The Balaban J connectivity index is 1.66. The number of nitrogens with one attached hydrogen (secondary N) is 1. The van der Waals surface area contributed by atoms with Crippen molar-refractivity contribution < 1.29 is 14.3 Å². The van der Waals surface area contributed by atoms with Crippen molar-refractivity contribution in [3.8, 4) is 10.4 Å². The maximum Gasteiger partial charge on any atom is 0.320 e. The van der Waals surface area contributed by atoms with Gasteiger partial charge in [0.15, 0.2) is 0 Å². The molecule has 6 nitrogen and oxygen atoms in total. The highest BCUT2D eigenvalue weighted by atomic mass is 32.1. The standard InChI is InChI=1S/C19H18FN3O3S/c20-12-6-4-11(5-7-12)15-9-13-17(27-15)18(24)22-16(21-13)10-23-8-2-1-3-14(23)19(25)26/h4-7,9,14H,1-3,8,10H2,(H,25,26)(H,21,22,24). The minimum Gasteiger partial charge on any atom is -0.480 e. The third-order valence-electron chi connectivity index (χ3n) is 4.81. The Bertz CT molecular complexity index is 1040. The molecule has 3 aromatic rings. The quantitative estimate of drug-likeness (QED) is 0.718. The van der Waals surface area contributed by atoms with E-state index < -0.39 is 12.0 Å². The van der Waals surface area contributed by atoms with Gasteiger partial charge in [0.05, 0.1) is 12.1 Å². The molecule has 140 valence electrons. The molecule has 27 heavy (non-hydrogen) atoms. The van der Waals surface area contributed by atoms with E-state index in [-0.39, 0.29) is 11.4 Å². The molecule has 0 radical (unpaired) electrons. The first-order valence-corrected chi connectivity index (χ1v) is 9.58. The topological polar surface area (TPSA) is 86.3 Å². The molecule has 8 heteroatoms. The maximum absolute atomic E-state index is 13.1. The van der Waals surface area contributed by atoms with Gasteiger partial charge in [0.25, 0.3) is 5.56 Å². The lowest BCUT2D eigenvalue weighted by molar-refractivity contribution is -0.144. The lowest BCUT2D eigenvalue weighted by Crippen LogP contribution is -2.44. The maximum atomic E-state index is 13.1. The van der Waals surface area contributed by atoms with Crippen molar-refractivity contribution >= 4 is 27.5 Å². The van der Waals surface area contributed by atoms with Gasteiger partial charge in [-0.05, 0) is 43.1 Å². The Morgan fingerprint density at radius 2 is 2.11 bits per heavy atom. The van der Waals surface area contributed by atoms with Crippen LogP contribution in [0, 0.1) is 5.82 Å². The second-order valence-corrected chi connectivity index (χ2v) is 7.72. The molecule has 0 aliphatic carbocycles. The van der Waals surface area contributed by atoms with E-state index in [0.717, 1.165) is 23.3 Å². The molecule has 0 amide bonds. The molecule has 1 aliphatic rings. The monoisotopic (exact) mass is 387 g/mol. The average Bonchev–Trinajstić information content (AvgIpc) is 3.07. The number of halogens is 1. The molecule has 1 fully saturated rings. The van der Waals surface area contributed by atoms with E-state index in [0.29, 0.717) is 35.6 Å². The Morgan fingerprint density at radius 3 is 2.85 bits per heavy atom. The Kier molecular flexibility index (Phi) is 4.75. The second-order valence-electron chi connectivity index (χ2n) is 6.66. The van der Waals surface area contributed by atoms with Crippen LogP contribution in [-0.2, 0) is 11.3 Å². The molecule has 0 saturated carbocycles. The third kappa shape index (κ3) is 3.63. The van der Waals surface area contributed by atoms with Crippen LogP contribution >= 0.6 is 11.3 Å². The molecule has 2 aromatic heterocycles. The Morgan fingerprint density at radius 1 is 1.33 bits per heavy atom. The fourth-order valence-electron chi connectivity index (χ4n) is 3.47. The predicted octanol–water partition coefficient (Wildman–Crippen LogP) is 3.23. The SMILES string of the molecule is O=C(O)C1CCCCN1Cc1nc2cc(-c3ccc(F)cc3)sc2c(=O)[nH]1. The zero-order chi connectivity index (χ0) is 19.0. The van der Waals surface area contributed by atoms with E-state index in [4.69, 9.17) is 0 Å². The molecule has 2 N–H and O–H groups in total. The van der Waals surface area contributed by atoms with Gasteiger partial charge < -0.3 is 10.1 Å². The Labute approximate surface area is 158 Å². The Hall–Kier alpha value is -2.58. The zero-order valence-electron chi connectivity index (χ0n) is 14.4. The molecule has 0 bridgehead atoms. The number of likely N-dealkylation sites (tertiary alicyclic amines) is 1. The normalized spacial score (nSPS) is 18.0. The summed E-state index contributed by atoms with van der Waals surface area (Å²) in [6.45, 7) is 0.965. The van der Waals surface area contributed by atoms with Gasteiger partial charge in [-0.15, -0.1) is 11.3 Å². The molecule has 1 aliphatic heterocycles. The van der Waals surface area contributed by atoms with Crippen LogP contribution in [-0.4, -0.2) is 38.5 Å². The molecule has 1 unspecified atom stereocenters. The number of rotatable bonds is 4. The summed E-state index contributed by atoms with van der Waals surface area (Å²) in [5, 5.41) is 9.40. The number of hydrogen-bond acceptors (Lipinski definition) is 5. The molecule has 1 atom stereocenters. The summed E-state index contributed by atoms with van der Waals surface area (Å²) in [5.41, 5.74) is 1.15. The predicted molar refractivity (Wildman–Crippen MR) is 101 cm³/mol. The van der Waals surface area contributed by atoms with Crippen LogP contribution < -0.4 is 5.56 Å². The molecule has 1 aromatic carbocycles. The molecular formula is C19H18FN3O3S. The minimum absolute atomic E-state index is 0.239. The largest absolute Gasteiger partial charge is 0.480 e. The van der Waals surface area contributed by atoms with E-state index in [1.54, 1.807) is 12.1 Å². The van der Waals surface area contributed by atoms with Crippen molar-refractivity contribution in [1.29, 1.82) is 0 Å². The smallest absolute Gasteiger partial charge is 0.320 e. The highest BCUT2D eigenvalue weighted by molar-refractivity contribution is 7.22. The summed E-state index contributed by atoms with van der Waals surface area (Å²) >= 11 is 1.31. The number of carbonyl (C=O) groups is 1. The fourth-order valence-corrected chi connectivity index (χ4v) is 4.47. The van der Waals surface area contributed by atoms with E-state index in [2.05, 4.69) is 9.97 Å². The average molecular weight is 387 g/mol. The van der Waals surface area contributed by atoms with Crippen molar-refractivity contribution in [2.75, 3.05) is 6.54 Å². The van der Waals surface area contributed by atoms with Gasteiger partial charge in [-0.3, -0.25) is 14.5 Å². The number of H-pyrrole nitrogens is 1. The summed E-state index contributed by atoms with van der Waals surface area (Å²) in [5.74, 6) is -0.691. The van der Waals surface area contributed by atoms with Crippen molar-refractivity contribution in [1.82, 2.24) is 14.9 Å². The van der Waals surface area contributed by atoms with Gasteiger partial charge in [-0.25, -0.2) is 9.37 Å². The first kappa shape index (κ1) is 17.8. The van der Waals surface area contributed by atoms with E-state index in [9.17, 15) is 19.1 Å². The summed E-state index contributed by atoms with van der Waals surface area (Å²) in [6.07, 6.45) is 2.43. The van der Waals surface area contributed by atoms with Crippen LogP contribution in [0.5, 0.6) is 0 Å². The van der Waals surface area contributed by atoms with Gasteiger partial charge in [0, 0.05) is 4.88 Å². The molecule has 3 heterocycles. The number of carboxylic acids is 1. The highest BCUT2D eigenvalue weighted by Gasteiger charge is 2.29. The summed E-state index contributed by atoms with van der Waals surface area (Å²) in [7, 11) is 0. The van der Waals surface area contributed by atoms with Crippen LogP contribution in [0.2, 0.25) is 0 Å². The number of nitrogens with zero attached hydrogens (tertiary/aromatic N) is 2. The van der Waals surface area contributed by atoms with Crippen LogP contribution in [0.15, 0.2) is 35.1 Å². The zero-order valence-corrected chi connectivity index (χ0v) is 15.3. The number of aromatic nitrogens is 2. The van der Waals surface area contributed by atoms with E-state index >= 15 is 0 Å². The molecule has 0 spiro atoms. The number of carboxylic acid groups (broad SMARTS) is 1. The van der Waals surface area contributed by atoms with Crippen molar-refractivity contribution in [2.24, 2.45) is 0 Å². The van der Waals surface area contributed by atoms with Crippen LogP contribution in [0.4, 0.5) is 4.39 Å². The second kappa shape index (κ2) is 7.21. The number of aromatic amines is 1. The third-order valence-corrected chi connectivity index (χ3v) is 5.98. The number of hydrogen-bond donors (Lipinski definition) is 2. The molecule has 4 rings (SSSR count). The number of piperidine rings is 1. The number of thiophene rings is 1. The van der Waals surface area contributed by atoms with Gasteiger partial charge in [0.2, 0.25) is 0 Å². The highest BCUT2D eigenvalue weighted by Crippen LogP contribution is 2.31.